The lowest BCUT2D eigenvalue weighted by molar-refractivity contribution is 0.00705. The highest BCUT2D eigenvalue weighted by Gasteiger charge is 2.35. The van der Waals surface area contributed by atoms with Crippen LogP contribution in [0.5, 0.6) is 0 Å². The van der Waals surface area contributed by atoms with Gasteiger partial charge in [-0.15, -0.1) is 0 Å². The molecule has 1 fully saturated rings. The Morgan fingerprint density at radius 2 is 2.21 bits per heavy atom. The van der Waals surface area contributed by atoms with Crippen molar-refractivity contribution in [3.05, 3.63) is 23.7 Å². The highest BCUT2D eigenvalue weighted by Crippen LogP contribution is 2.30. The predicted octanol–water partition coefficient (Wildman–Crippen LogP) is 3.60. The maximum Gasteiger partial charge on any atom is 0.410 e. The summed E-state index contributed by atoms with van der Waals surface area (Å²) in [5, 5.41) is 0.935. The van der Waals surface area contributed by atoms with E-state index < -0.39 is 23.9 Å². The number of likely N-dealkylation sites (tertiary alicyclic amines) is 1. The van der Waals surface area contributed by atoms with Gasteiger partial charge in [0.2, 0.25) is 5.28 Å². The van der Waals surface area contributed by atoms with Crippen LogP contribution in [0.15, 0.2) is 18.5 Å². The first-order valence-corrected chi connectivity index (χ1v) is 8.23. The zero-order valence-electron chi connectivity index (χ0n) is 13.9. The zero-order chi connectivity index (χ0) is 17.5. The van der Waals surface area contributed by atoms with E-state index in [1.54, 1.807) is 37.7 Å². The van der Waals surface area contributed by atoms with Crippen LogP contribution in [0, 0.1) is 0 Å². The van der Waals surface area contributed by atoms with Gasteiger partial charge in [-0.25, -0.2) is 14.2 Å². The van der Waals surface area contributed by atoms with Crippen molar-refractivity contribution in [1.82, 2.24) is 19.4 Å². The zero-order valence-corrected chi connectivity index (χ0v) is 14.6. The van der Waals surface area contributed by atoms with Crippen molar-refractivity contribution in [2.75, 3.05) is 13.1 Å². The number of piperidine rings is 1. The molecule has 0 unspecified atom stereocenters. The summed E-state index contributed by atoms with van der Waals surface area (Å²) in [6, 6.07) is 1.44. The Balaban J connectivity index is 1.76. The molecule has 8 heteroatoms. The second-order valence-corrected chi connectivity index (χ2v) is 7.28. The number of hydrogen-bond donors (Lipinski definition) is 0. The molecule has 1 saturated heterocycles. The van der Waals surface area contributed by atoms with Crippen LogP contribution >= 0.6 is 11.6 Å². The first kappa shape index (κ1) is 17.0. The third-order valence-electron chi connectivity index (χ3n) is 3.94. The number of ether oxygens (including phenoxy) is 1. The van der Waals surface area contributed by atoms with Crippen LogP contribution in [0.3, 0.4) is 0 Å². The lowest BCUT2D eigenvalue weighted by Gasteiger charge is -2.36. The van der Waals surface area contributed by atoms with E-state index in [4.69, 9.17) is 16.3 Å². The molecule has 0 N–H and O–H groups in total. The second-order valence-electron chi connectivity index (χ2n) is 6.94. The largest absolute Gasteiger partial charge is 0.444 e. The number of fused-ring (bicyclic) bond motifs is 1. The molecule has 1 amide bonds. The lowest BCUT2D eigenvalue weighted by Crippen LogP contribution is -2.47. The van der Waals surface area contributed by atoms with E-state index in [9.17, 15) is 9.18 Å². The minimum absolute atomic E-state index is 0.00192. The summed E-state index contributed by atoms with van der Waals surface area (Å²) in [4.78, 5) is 21.6. The van der Waals surface area contributed by atoms with Gasteiger partial charge in [0.25, 0.3) is 0 Å². The minimum Gasteiger partial charge on any atom is -0.444 e. The number of hydrogen-bond acceptors (Lipinski definition) is 4. The van der Waals surface area contributed by atoms with Crippen LogP contribution in [0.2, 0.25) is 5.28 Å². The molecule has 0 saturated carbocycles. The number of aromatic nitrogens is 3. The second kappa shape index (κ2) is 6.20. The molecule has 130 valence electrons. The minimum atomic E-state index is -1.21. The van der Waals surface area contributed by atoms with Crippen LogP contribution < -0.4 is 0 Å². The first-order chi connectivity index (χ1) is 11.2. The quantitative estimate of drug-likeness (QED) is 0.734. The third kappa shape index (κ3) is 3.45. The lowest BCUT2D eigenvalue weighted by atomic mass is 10.0. The summed E-state index contributed by atoms with van der Waals surface area (Å²) in [5.74, 6) is 0. The van der Waals surface area contributed by atoms with Crippen LogP contribution in [0.1, 0.15) is 33.2 Å². The molecule has 0 radical (unpaired) electrons. The van der Waals surface area contributed by atoms with E-state index in [0.29, 0.717) is 18.6 Å². The Kier molecular flexibility index (Phi) is 4.38. The molecule has 0 aromatic carbocycles. The fourth-order valence-electron chi connectivity index (χ4n) is 2.88. The van der Waals surface area contributed by atoms with Gasteiger partial charge in [-0.2, -0.15) is 4.98 Å². The third-order valence-corrected chi connectivity index (χ3v) is 4.12. The molecule has 3 heterocycles. The fraction of sp³-hybridized carbons (Fsp3) is 0.562. The molecular formula is C16H20ClFN4O2. The summed E-state index contributed by atoms with van der Waals surface area (Å²) >= 11 is 5.85. The normalized spacial score (nSPS) is 22.0. The predicted molar refractivity (Wildman–Crippen MR) is 88.9 cm³/mol. The highest BCUT2D eigenvalue weighted by molar-refractivity contribution is 6.28. The SMILES string of the molecule is CC(C)(C)OC(=O)N1CC[C@H](n2ccc3cnc(Cl)nc32)[C@@H](F)C1. The molecule has 3 rings (SSSR count). The van der Waals surface area contributed by atoms with Crippen LogP contribution in [-0.4, -0.2) is 50.4 Å². The van der Waals surface area contributed by atoms with Gasteiger partial charge in [0.15, 0.2) is 0 Å². The Morgan fingerprint density at radius 1 is 1.46 bits per heavy atom. The molecule has 24 heavy (non-hydrogen) atoms. The van der Waals surface area contributed by atoms with Crippen molar-refractivity contribution < 1.29 is 13.9 Å². The first-order valence-electron chi connectivity index (χ1n) is 7.86. The van der Waals surface area contributed by atoms with Gasteiger partial charge in [0.05, 0.1) is 12.6 Å². The molecule has 2 aromatic rings. The molecule has 0 bridgehead atoms. The summed E-state index contributed by atoms with van der Waals surface area (Å²) in [6.45, 7) is 5.80. The van der Waals surface area contributed by atoms with Gasteiger partial charge in [-0.3, -0.25) is 0 Å². The van der Waals surface area contributed by atoms with Crippen LogP contribution in [0.4, 0.5) is 9.18 Å². The number of alkyl halides is 1. The molecule has 6 nitrogen and oxygen atoms in total. The number of carbonyl (C=O) groups excluding carboxylic acids is 1. The van der Waals surface area contributed by atoms with Crippen molar-refractivity contribution in [3.8, 4) is 0 Å². The van der Waals surface area contributed by atoms with Crippen molar-refractivity contribution >= 4 is 28.7 Å². The topological polar surface area (TPSA) is 60.2 Å². The Morgan fingerprint density at radius 3 is 2.88 bits per heavy atom. The Hall–Kier alpha value is -1.89. The number of carbonyl (C=O) groups is 1. The number of rotatable bonds is 1. The van der Waals surface area contributed by atoms with Crippen molar-refractivity contribution in [2.45, 2.75) is 45.0 Å². The summed E-state index contributed by atoms with van der Waals surface area (Å²) in [6.07, 6.45) is 2.19. The standard InChI is InChI=1S/C16H20ClFN4O2/c1-16(2,3)24-15(23)21-6-5-12(11(18)9-21)22-7-4-10-8-19-14(17)20-13(10)22/h4,7-8,11-12H,5-6,9H2,1-3H3/t11-,12-/m0/s1. The Bertz CT molecular complexity index is 758. The molecule has 0 aliphatic carbocycles. The van der Waals surface area contributed by atoms with Crippen molar-refractivity contribution in [1.29, 1.82) is 0 Å². The smallest absolute Gasteiger partial charge is 0.410 e. The van der Waals surface area contributed by atoms with Crippen molar-refractivity contribution in [2.24, 2.45) is 0 Å². The van der Waals surface area contributed by atoms with E-state index >= 15 is 0 Å². The highest BCUT2D eigenvalue weighted by atomic mass is 35.5. The average Bonchev–Trinajstić information content (AvgIpc) is 2.88. The summed E-state index contributed by atoms with van der Waals surface area (Å²) in [7, 11) is 0. The number of halogens is 2. The van der Waals surface area contributed by atoms with E-state index in [1.807, 2.05) is 6.07 Å². The molecule has 2 atom stereocenters. The molecule has 0 spiro atoms. The van der Waals surface area contributed by atoms with Gasteiger partial charge >= 0.3 is 6.09 Å². The monoisotopic (exact) mass is 354 g/mol. The summed E-state index contributed by atoms with van der Waals surface area (Å²) < 4.78 is 21.8. The molecular weight excluding hydrogens is 335 g/mol. The van der Waals surface area contributed by atoms with Gasteiger partial charge in [0, 0.05) is 24.3 Å². The average molecular weight is 355 g/mol. The maximum atomic E-state index is 14.7. The van der Waals surface area contributed by atoms with E-state index in [1.165, 1.54) is 4.90 Å². The number of nitrogens with zero attached hydrogens (tertiary/aromatic N) is 4. The maximum absolute atomic E-state index is 14.7. The fourth-order valence-corrected chi connectivity index (χ4v) is 3.01. The molecule has 1 aliphatic rings. The van der Waals surface area contributed by atoms with Crippen LogP contribution in [-0.2, 0) is 4.74 Å². The molecule has 2 aromatic heterocycles. The number of amides is 1. The van der Waals surface area contributed by atoms with Crippen molar-refractivity contribution in [3.63, 3.8) is 0 Å². The molecule has 1 aliphatic heterocycles. The van der Waals surface area contributed by atoms with Gasteiger partial charge in [0.1, 0.15) is 17.4 Å². The Labute approximate surface area is 144 Å². The summed E-state index contributed by atoms with van der Waals surface area (Å²) in [5.41, 5.74) is 0.0118. The van der Waals surface area contributed by atoms with Crippen LogP contribution in [0.25, 0.3) is 11.0 Å². The van der Waals surface area contributed by atoms with Gasteiger partial charge in [-0.05, 0) is 44.9 Å². The van der Waals surface area contributed by atoms with E-state index in [0.717, 1.165) is 5.39 Å². The van der Waals surface area contributed by atoms with E-state index in [2.05, 4.69) is 9.97 Å². The van der Waals surface area contributed by atoms with Gasteiger partial charge < -0.3 is 14.2 Å². The van der Waals surface area contributed by atoms with Gasteiger partial charge in [-0.1, -0.05) is 0 Å². The van der Waals surface area contributed by atoms with E-state index in [-0.39, 0.29) is 11.8 Å².